The summed E-state index contributed by atoms with van der Waals surface area (Å²) in [4.78, 5) is 7.02. The predicted molar refractivity (Wildman–Crippen MR) is 65.6 cm³/mol. The van der Waals surface area contributed by atoms with Crippen LogP contribution >= 0.6 is 11.3 Å². The minimum atomic E-state index is 0.746. The van der Waals surface area contributed by atoms with E-state index in [1.807, 2.05) is 0 Å². The van der Waals surface area contributed by atoms with E-state index in [0.717, 1.165) is 52.2 Å². The first-order valence-electron chi connectivity index (χ1n) is 5.82. The highest BCUT2D eigenvalue weighted by Gasteiger charge is 2.12. The summed E-state index contributed by atoms with van der Waals surface area (Å²) in [7, 11) is 0. The smallest absolute Gasteiger partial charge is 0.107 e. The van der Waals surface area contributed by atoms with Crippen molar-refractivity contribution in [1.82, 2.24) is 9.88 Å². The SMILES string of the molecule is NCCCc1csc(CN2CCOCC2)n1. The van der Waals surface area contributed by atoms with Gasteiger partial charge < -0.3 is 10.5 Å². The monoisotopic (exact) mass is 241 g/mol. The fraction of sp³-hybridized carbons (Fsp3) is 0.727. The van der Waals surface area contributed by atoms with E-state index in [2.05, 4.69) is 15.3 Å². The molecule has 5 heteroatoms. The van der Waals surface area contributed by atoms with Gasteiger partial charge in [-0.3, -0.25) is 4.90 Å². The highest BCUT2D eigenvalue weighted by atomic mass is 32.1. The Labute approximate surface area is 100 Å². The van der Waals surface area contributed by atoms with Gasteiger partial charge in [-0.15, -0.1) is 11.3 Å². The van der Waals surface area contributed by atoms with Crippen LogP contribution in [0.4, 0.5) is 0 Å². The minimum Gasteiger partial charge on any atom is -0.379 e. The lowest BCUT2D eigenvalue weighted by Gasteiger charge is -2.25. The van der Waals surface area contributed by atoms with Crippen LogP contribution in [0.1, 0.15) is 17.1 Å². The second kappa shape index (κ2) is 6.30. The van der Waals surface area contributed by atoms with Gasteiger partial charge in [-0.05, 0) is 19.4 Å². The molecule has 1 saturated heterocycles. The first-order chi connectivity index (χ1) is 7.88. The quantitative estimate of drug-likeness (QED) is 0.831. The Morgan fingerprint density at radius 3 is 3.00 bits per heavy atom. The molecule has 2 rings (SSSR count). The van der Waals surface area contributed by atoms with Crippen LogP contribution in [0, 0.1) is 0 Å². The maximum Gasteiger partial charge on any atom is 0.107 e. The third-order valence-electron chi connectivity index (χ3n) is 2.70. The standard InChI is InChI=1S/C11H19N3OS/c12-3-1-2-10-9-16-11(13-10)8-14-4-6-15-7-5-14/h9H,1-8,12H2. The second-order valence-corrected chi connectivity index (χ2v) is 4.96. The van der Waals surface area contributed by atoms with Crippen molar-refractivity contribution in [2.75, 3.05) is 32.8 Å². The number of aromatic nitrogens is 1. The Morgan fingerprint density at radius 2 is 2.25 bits per heavy atom. The molecule has 1 aromatic heterocycles. The van der Waals surface area contributed by atoms with Gasteiger partial charge >= 0.3 is 0 Å². The van der Waals surface area contributed by atoms with Gasteiger partial charge in [0.2, 0.25) is 0 Å². The molecule has 0 spiro atoms. The molecule has 2 N–H and O–H groups in total. The van der Waals surface area contributed by atoms with Gasteiger partial charge in [0.15, 0.2) is 0 Å². The predicted octanol–water partition coefficient (Wildman–Crippen LogP) is 0.867. The molecule has 0 aromatic carbocycles. The Hall–Kier alpha value is -0.490. The second-order valence-electron chi connectivity index (χ2n) is 4.01. The fourth-order valence-electron chi connectivity index (χ4n) is 1.77. The number of thiazole rings is 1. The first-order valence-corrected chi connectivity index (χ1v) is 6.70. The van der Waals surface area contributed by atoms with Gasteiger partial charge in [0.1, 0.15) is 5.01 Å². The third-order valence-corrected chi connectivity index (χ3v) is 3.58. The number of nitrogens with two attached hydrogens (primary N) is 1. The number of nitrogens with zero attached hydrogens (tertiary/aromatic N) is 2. The molecular formula is C11H19N3OS. The highest BCUT2D eigenvalue weighted by Crippen LogP contribution is 2.14. The van der Waals surface area contributed by atoms with Crippen LogP contribution in [-0.4, -0.2) is 42.7 Å². The largest absolute Gasteiger partial charge is 0.379 e. The van der Waals surface area contributed by atoms with Crippen LogP contribution in [0.25, 0.3) is 0 Å². The Balaban J connectivity index is 1.81. The zero-order valence-electron chi connectivity index (χ0n) is 9.52. The minimum absolute atomic E-state index is 0.746. The molecule has 0 atom stereocenters. The molecule has 0 aliphatic carbocycles. The van der Waals surface area contributed by atoms with E-state index in [9.17, 15) is 0 Å². The Kier molecular flexibility index (Phi) is 4.71. The summed E-state index contributed by atoms with van der Waals surface area (Å²) in [5.74, 6) is 0. The molecule has 4 nitrogen and oxygen atoms in total. The van der Waals surface area contributed by atoms with E-state index in [1.165, 1.54) is 10.7 Å². The van der Waals surface area contributed by atoms with Crippen LogP contribution in [0.15, 0.2) is 5.38 Å². The lowest BCUT2D eigenvalue weighted by molar-refractivity contribution is 0.0341. The molecule has 0 saturated carbocycles. The molecule has 1 aliphatic rings. The van der Waals surface area contributed by atoms with Crippen molar-refractivity contribution in [2.24, 2.45) is 5.73 Å². The first kappa shape index (κ1) is 12.0. The van der Waals surface area contributed by atoms with Gasteiger partial charge in [0, 0.05) is 18.5 Å². The van der Waals surface area contributed by atoms with E-state index in [0.29, 0.717) is 0 Å². The molecule has 0 unspecified atom stereocenters. The van der Waals surface area contributed by atoms with Gasteiger partial charge in [-0.25, -0.2) is 4.98 Å². The van der Waals surface area contributed by atoms with Crippen LogP contribution in [0.2, 0.25) is 0 Å². The van der Waals surface area contributed by atoms with E-state index in [4.69, 9.17) is 10.5 Å². The zero-order chi connectivity index (χ0) is 11.2. The number of hydrogen-bond acceptors (Lipinski definition) is 5. The lowest BCUT2D eigenvalue weighted by Crippen LogP contribution is -2.35. The van der Waals surface area contributed by atoms with E-state index in [-0.39, 0.29) is 0 Å². The van der Waals surface area contributed by atoms with Crippen molar-refractivity contribution in [3.8, 4) is 0 Å². The van der Waals surface area contributed by atoms with E-state index in [1.54, 1.807) is 11.3 Å². The van der Waals surface area contributed by atoms with Crippen LogP contribution in [0.3, 0.4) is 0 Å². The molecule has 0 amide bonds. The van der Waals surface area contributed by atoms with Gasteiger partial charge in [0.25, 0.3) is 0 Å². The maximum atomic E-state index is 5.49. The molecule has 1 aromatic rings. The van der Waals surface area contributed by atoms with Crippen molar-refractivity contribution in [1.29, 1.82) is 0 Å². The zero-order valence-corrected chi connectivity index (χ0v) is 10.3. The molecule has 0 bridgehead atoms. The number of rotatable bonds is 5. The Morgan fingerprint density at radius 1 is 1.44 bits per heavy atom. The summed E-state index contributed by atoms with van der Waals surface area (Å²) in [6.45, 7) is 5.47. The highest BCUT2D eigenvalue weighted by molar-refractivity contribution is 7.09. The summed E-state index contributed by atoms with van der Waals surface area (Å²) in [5.41, 5.74) is 6.68. The van der Waals surface area contributed by atoms with Crippen molar-refractivity contribution in [3.63, 3.8) is 0 Å². The molecule has 2 heterocycles. The lowest BCUT2D eigenvalue weighted by atomic mass is 10.2. The van der Waals surface area contributed by atoms with E-state index < -0.39 is 0 Å². The molecule has 1 fully saturated rings. The average Bonchev–Trinajstić information content (AvgIpc) is 2.75. The summed E-state index contributed by atoms with van der Waals surface area (Å²) >= 11 is 1.76. The molecular weight excluding hydrogens is 222 g/mol. The van der Waals surface area contributed by atoms with Crippen molar-refractivity contribution in [3.05, 3.63) is 16.1 Å². The van der Waals surface area contributed by atoms with Crippen molar-refractivity contribution < 1.29 is 4.74 Å². The summed E-state index contributed by atoms with van der Waals surface area (Å²) in [6, 6.07) is 0. The summed E-state index contributed by atoms with van der Waals surface area (Å²) in [5, 5.41) is 3.37. The fourth-order valence-corrected chi connectivity index (χ4v) is 2.64. The normalized spacial score (nSPS) is 17.8. The average molecular weight is 241 g/mol. The molecule has 1 aliphatic heterocycles. The summed E-state index contributed by atoms with van der Waals surface area (Å²) < 4.78 is 5.32. The topological polar surface area (TPSA) is 51.4 Å². The third kappa shape index (κ3) is 3.52. The molecule has 0 radical (unpaired) electrons. The van der Waals surface area contributed by atoms with Crippen LogP contribution in [0.5, 0.6) is 0 Å². The van der Waals surface area contributed by atoms with Crippen molar-refractivity contribution >= 4 is 11.3 Å². The van der Waals surface area contributed by atoms with Gasteiger partial charge in [-0.2, -0.15) is 0 Å². The van der Waals surface area contributed by atoms with Crippen LogP contribution in [-0.2, 0) is 17.7 Å². The van der Waals surface area contributed by atoms with Gasteiger partial charge in [0.05, 0.1) is 25.5 Å². The van der Waals surface area contributed by atoms with Crippen molar-refractivity contribution in [2.45, 2.75) is 19.4 Å². The Bertz CT molecular complexity index is 310. The summed E-state index contributed by atoms with van der Waals surface area (Å²) in [6.07, 6.45) is 2.04. The molecule has 90 valence electrons. The number of ether oxygens (including phenoxy) is 1. The maximum absolute atomic E-state index is 5.49. The number of morpholine rings is 1. The molecule has 16 heavy (non-hydrogen) atoms. The van der Waals surface area contributed by atoms with Gasteiger partial charge in [-0.1, -0.05) is 0 Å². The van der Waals surface area contributed by atoms with Crippen LogP contribution < -0.4 is 5.73 Å². The van der Waals surface area contributed by atoms with E-state index >= 15 is 0 Å². The number of hydrogen-bond donors (Lipinski definition) is 1. The number of aryl methyl sites for hydroxylation is 1.